The highest BCUT2D eigenvalue weighted by Gasteiger charge is 2.33. The number of nitrogens with one attached hydrogen (secondary N) is 2. The zero-order chi connectivity index (χ0) is 19.9. The molecule has 0 radical (unpaired) electrons. The van der Waals surface area contributed by atoms with Crippen molar-refractivity contribution in [3.8, 4) is 0 Å². The maximum atomic E-state index is 13.0. The first-order valence-electron chi connectivity index (χ1n) is 9.33. The van der Waals surface area contributed by atoms with Crippen molar-refractivity contribution in [2.24, 2.45) is 5.92 Å². The van der Waals surface area contributed by atoms with Crippen molar-refractivity contribution in [3.63, 3.8) is 0 Å². The molecule has 9 heteroatoms. The molecule has 0 spiro atoms. The van der Waals surface area contributed by atoms with E-state index in [9.17, 15) is 18.0 Å². The summed E-state index contributed by atoms with van der Waals surface area (Å²) in [5.74, 6) is 0.0387. The van der Waals surface area contributed by atoms with Crippen molar-refractivity contribution >= 4 is 38.0 Å². The molecule has 2 aliphatic rings. The van der Waals surface area contributed by atoms with E-state index in [0.29, 0.717) is 22.9 Å². The van der Waals surface area contributed by atoms with Crippen molar-refractivity contribution < 1.29 is 22.4 Å². The van der Waals surface area contributed by atoms with Gasteiger partial charge in [0.2, 0.25) is 0 Å². The molecule has 2 N–H and O–H groups in total. The average Bonchev–Trinajstić information content (AvgIpc) is 3.33. The number of thiophene rings is 1. The van der Waals surface area contributed by atoms with Gasteiger partial charge in [0.1, 0.15) is 5.00 Å². The fraction of sp³-hybridized carbons (Fsp3) is 0.474. The van der Waals surface area contributed by atoms with Gasteiger partial charge in [0.15, 0.2) is 15.6 Å². The zero-order valence-electron chi connectivity index (χ0n) is 15.5. The Morgan fingerprint density at radius 1 is 1.25 bits per heavy atom. The molecule has 1 saturated heterocycles. The molecule has 1 fully saturated rings. The van der Waals surface area contributed by atoms with Crippen molar-refractivity contribution in [1.82, 2.24) is 5.32 Å². The molecule has 2 aromatic heterocycles. The summed E-state index contributed by atoms with van der Waals surface area (Å²) in [5, 5.41) is 6.17. The summed E-state index contributed by atoms with van der Waals surface area (Å²) >= 11 is 1.42. The number of sulfone groups is 1. The summed E-state index contributed by atoms with van der Waals surface area (Å²) in [6.07, 6.45) is 4.47. The van der Waals surface area contributed by atoms with Gasteiger partial charge in [-0.3, -0.25) is 9.59 Å². The molecule has 150 valence electrons. The van der Waals surface area contributed by atoms with Gasteiger partial charge in [-0.05, 0) is 49.3 Å². The molecule has 2 amide bonds. The number of hydrogen-bond donors (Lipinski definition) is 2. The molecule has 28 heavy (non-hydrogen) atoms. The first-order chi connectivity index (χ1) is 13.3. The van der Waals surface area contributed by atoms with Crippen LogP contribution in [-0.4, -0.2) is 37.8 Å². The van der Waals surface area contributed by atoms with Gasteiger partial charge in [0.25, 0.3) is 11.8 Å². The third-order valence-electron chi connectivity index (χ3n) is 5.28. The van der Waals surface area contributed by atoms with Crippen molar-refractivity contribution in [2.45, 2.75) is 38.6 Å². The van der Waals surface area contributed by atoms with Crippen molar-refractivity contribution in [1.29, 1.82) is 0 Å². The van der Waals surface area contributed by atoms with Gasteiger partial charge in [0.05, 0.1) is 23.3 Å². The number of rotatable bonds is 4. The third kappa shape index (κ3) is 3.86. The third-order valence-corrected chi connectivity index (χ3v) is 8.22. The van der Waals surface area contributed by atoms with E-state index in [4.69, 9.17) is 4.42 Å². The van der Waals surface area contributed by atoms with E-state index in [0.717, 1.165) is 29.7 Å². The van der Waals surface area contributed by atoms with E-state index < -0.39 is 15.7 Å². The SMILES string of the molecule is C[C@H]1CCc2c(sc(NC(=O)c3ccco3)c2C(=O)N[C@H]2CCS(=O)(=O)C2)C1. The zero-order valence-corrected chi connectivity index (χ0v) is 17.1. The maximum Gasteiger partial charge on any atom is 0.291 e. The van der Waals surface area contributed by atoms with Gasteiger partial charge in [-0.15, -0.1) is 11.3 Å². The lowest BCUT2D eigenvalue weighted by Crippen LogP contribution is -2.36. The van der Waals surface area contributed by atoms with E-state index in [1.165, 1.54) is 17.6 Å². The van der Waals surface area contributed by atoms with Crippen molar-refractivity contribution in [3.05, 3.63) is 40.2 Å². The molecular weight excluding hydrogens is 400 g/mol. The highest BCUT2D eigenvalue weighted by atomic mass is 32.2. The Hall–Kier alpha value is -2.13. The minimum Gasteiger partial charge on any atom is -0.459 e. The molecule has 2 atom stereocenters. The molecule has 4 rings (SSSR count). The fourth-order valence-corrected chi connectivity index (χ4v) is 6.89. The molecule has 0 saturated carbocycles. The van der Waals surface area contributed by atoms with Gasteiger partial charge in [0, 0.05) is 10.9 Å². The molecule has 0 aromatic carbocycles. The van der Waals surface area contributed by atoms with Crippen LogP contribution in [0.5, 0.6) is 0 Å². The number of hydrogen-bond acceptors (Lipinski definition) is 6. The fourth-order valence-electron chi connectivity index (χ4n) is 3.82. The summed E-state index contributed by atoms with van der Waals surface area (Å²) in [5.41, 5.74) is 1.44. The van der Waals surface area contributed by atoms with Crippen LogP contribution in [0.25, 0.3) is 0 Å². The molecule has 2 aromatic rings. The second-order valence-electron chi connectivity index (χ2n) is 7.56. The van der Waals surface area contributed by atoms with Crippen LogP contribution >= 0.6 is 11.3 Å². The van der Waals surface area contributed by atoms with E-state index >= 15 is 0 Å². The van der Waals surface area contributed by atoms with Crippen LogP contribution < -0.4 is 10.6 Å². The summed E-state index contributed by atoms with van der Waals surface area (Å²) < 4.78 is 28.6. The molecule has 0 bridgehead atoms. The molecular formula is C19H22N2O5S2. The standard InChI is InChI=1S/C19H22N2O5S2/c1-11-4-5-13-15(9-11)27-19(21-17(22)14-3-2-7-26-14)16(13)18(23)20-12-6-8-28(24,25)10-12/h2-3,7,11-12H,4-6,8-10H2,1H3,(H,20,23)(H,21,22)/t11-,12-/m0/s1. The lowest BCUT2D eigenvalue weighted by atomic mass is 9.88. The summed E-state index contributed by atoms with van der Waals surface area (Å²) in [4.78, 5) is 26.6. The number of carbonyl (C=O) groups is 2. The van der Waals surface area contributed by atoms with Gasteiger partial charge in [-0.2, -0.15) is 0 Å². The van der Waals surface area contributed by atoms with Crippen LogP contribution in [0.3, 0.4) is 0 Å². The van der Waals surface area contributed by atoms with Crippen LogP contribution in [0.4, 0.5) is 5.00 Å². The first-order valence-corrected chi connectivity index (χ1v) is 12.0. The van der Waals surface area contributed by atoms with Crippen LogP contribution in [-0.2, 0) is 22.7 Å². The largest absolute Gasteiger partial charge is 0.459 e. The predicted molar refractivity (Wildman–Crippen MR) is 107 cm³/mol. The lowest BCUT2D eigenvalue weighted by Gasteiger charge is -2.19. The monoisotopic (exact) mass is 422 g/mol. The minimum absolute atomic E-state index is 0.0316. The molecule has 7 nitrogen and oxygen atoms in total. The Bertz CT molecular complexity index is 1010. The topological polar surface area (TPSA) is 105 Å². The lowest BCUT2D eigenvalue weighted by molar-refractivity contribution is 0.0941. The van der Waals surface area contributed by atoms with Gasteiger partial charge in [-0.25, -0.2) is 8.42 Å². The Balaban J connectivity index is 1.62. The summed E-state index contributed by atoms with van der Waals surface area (Å²) in [6, 6.07) is 2.81. The van der Waals surface area contributed by atoms with Crippen LogP contribution in [0.15, 0.2) is 22.8 Å². The number of amides is 2. The number of furan rings is 1. The second-order valence-corrected chi connectivity index (χ2v) is 10.9. The van der Waals surface area contributed by atoms with E-state index in [2.05, 4.69) is 17.6 Å². The first kappa shape index (κ1) is 19.2. The summed E-state index contributed by atoms with van der Waals surface area (Å²) in [7, 11) is -3.09. The molecule has 1 aliphatic heterocycles. The normalized spacial score (nSPS) is 23.2. The average molecular weight is 423 g/mol. The van der Waals surface area contributed by atoms with Crippen LogP contribution in [0, 0.1) is 5.92 Å². The highest BCUT2D eigenvalue weighted by molar-refractivity contribution is 7.91. The summed E-state index contributed by atoms with van der Waals surface area (Å²) in [6.45, 7) is 2.17. The van der Waals surface area contributed by atoms with Gasteiger partial charge < -0.3 is 15.1 Å². The Morgan fingerprint density at radius 3 is 2.75 bits per heavy atom. The van der Waals surface area contributed by atoms with E-state index in [1.54, 1.807) is 12.1 Å². The maximum absolute atomic E-state index is 13.0. The minimum atomic E-state index is -3.09. The molecule has 1 aliphatic carbocycles. The Morgan fingerprint density at radius 2 is 2.07 bits per heavy atom. The number of anilines is 1. The molecule has 3 heterocycles. The quantitative estimate of drug-likeness (QED) is 0.788. The number of carbonyl (C=O) groups excluding carboxylic acids is 2. The highest BCUT2D eigenvalue weighted by Crippen LogP contribution is 2.40. The van der Waals surface area contributed by atoms with Crippen molar-refractivity contribution in [2.75, 3.05) is 16.8 Å². The van der Waals surface area contributed by atoms with E-state index in [-0.39, 0.29) is 29.2 Å². The van der Waals surface area contributed by atoms with Crippen LogP contribution in [0.2, 0.25) is 0 Å². The van der Waals surface area contributed by atoms with E-state index in [1.807, 2.05) is 0 Å². The molecule has 0 unspecified atom stereocenters. The Labute approximate surface area is 167 Å². The number of fused-ring (bicyclic) bond motifs is 1. The smallest absolute Gasteiger partial charge is 0.291 e. The predicted octanol–water partition coefficient (Wildman–Crippen LogP) is 2.64. The second kappa shape index (κ2) is 7.36. The van der Waals surface area contributed by atoms with Gasteiger partial charge >= 0.3 is 0 Å². The van der Waals surface area contributed by atoms with Crippen LogP contribution in [0.1, 0.15) is 51.1 Å². The van der Waals surface area contributed by atoms with Gasteiger partial charge in [-0.1, -0.05) is 6.92 Å². The Kier molecular flexibility index (Phi) is 5.05.